The molecule has 1 aromatic carbocycles. The Morgan fingerprint density at radius 2 is 1.96 bits per heavy atom. The predicted molar refractivity (Wildman–Crippen MR) is 109 cm³/mol. The Hall–Kier alpha value is -2.95. The number of nitrogens with zero attached hydrogens (tertiary/aromatic N) is 1. The molecule has 1 aliphatic heterocycles. The third kappa shape index (κ3) is 3.98. The monoisotopic (exact) mass is 376 g/mol. The van der Waals surface area contributed by atoms with Crippen molar-refractivity contribution < 1.29 is 14.3 Å². The lowest BCUT2D eigenvalue weighted by Crippen LogP contribution is -2.41. The van der Waals surface area contributed by atoms with Gasteiger partial charge >= 0.3 is 5.91 Å². The minimum absolute atomic E-state index is 0.0451. The summed E-state index contributed by atoms with van der Waals surface area (Å²) in [5.74, 6) is 0.294. The van der Waals surface area contributed by atoms with Gasteiger partial charge in [-0.15, -0.1) is 0 Å². The molecule has 0 saturated heterocycles. The fourth-order valence-corrected chi connectivity index (χ4v) is 3.83. The number of amides is 2. The fraction of sp³-hybridized carbons (Fsp3) is 0.348. The van der Waals surface area contributed by atoms with E-state index in [1.54, 1.807) is 24.3 Å². The molecule has 1 saturated carbocycles. The lowest BCUT2D eigenvalue weighted by atomic mass is 9.86. The van der Waals surface area contributed by atoms with Crippen molar-refractivity contribution >= 4 is 23.6 Å². The summed E-state index contributed by atoms with van der Waals surface area (Å²) in [5.41, 5.74) is 2.03. The number of benzene rings is 1. The molecule has 3 unspecified atom stereocenters. The molecular weight excluding hydrogens is 352 g/mol. The maximum absolute atomic E-state index is 12.5. The van der Waals surface area contributed by atoms with Crippen LogP contribution in [0.2, 0.25) is 0 Å². The van der Waals surface area contributed by atoms with E-state index in [-0.39, 0.29) is 29.7 Å². The Morgan fingerprint density at radius 3 is 2.75 bits per heavy atom. The van der Waals surface area contributed by atoms with Crippen LogP contribution in [0.1, 0.15) is 48.5 Å². The first-order valence-electron chi connectivity index (χ1n) is 9.87. The molecule has 144 valence electrons. The number of carbonyl (C=O) groups excluding carboxylic acids is 2. The van der Waals surface area contributed by atoms with Gasteiger partial charge in [0.15, 0.2) is 11.9 Å². The Morgan fingerprint density at radius 1 is 1.18 bits per heavy atom. The first-order chi connectivity index (χ1) is 13.6. The van der Waals surface area contributed by atoms with Gasteiger partial charge in [0.2, 0.25) is 0 Å². The van der Waals surface area contributed by atoms with Gasteiger partial charge in [-0.1, -0.05) is 44.1 Å². The van der Waals surface area contributed by atoms with Gasteiger partial charge in [0, 0.05) is 11.6 Å². The zero-order chi connectivity index (χ0) is 19.5. The molecule has 5 heteroatoms. The second-order valence-electron chi connectivity index (χ2n) is 7.60. The van der Waals surface area contributed by atoms with Crippen molar-refractivity contribution in [3.8, 4) is 0 Å². The van der Waals surface area contributed by atoms with Gasteiger partial charge in [0.1, 0.15) is 0 Å². The standard InChI is InChI=1S/C23H24N2O3/c1-15-6-2-3-7-18(15)24-22(26)17-12-10-16(11-13-17)14-21-23(27)25-19-8-4-5-9-20(19)28-21/h4-5,8-15,18,20H,2-3,6-7H2,1H3,(H,24,26)/b21-14+. The van der Waals surface area contributed by atoms with Crippen LogP contribution < -0.4 is 5.32 Å². The van der Waals surface area contributed by atoms with E-state index >= 15 is 0 Å². The van der Waals surface area contributed by atoms with E-state index in [0.29, 0.717) is 17.2 Å². The molecular formula is C23H24N2O3. The summed E-state index contributed by atoms with van der Waals surface area (Å²) in [6.45, 7) is 2.20. The average Bonchev–Trinajstić information content (AvgIpc) is 2.71. The molecule has 4 rings (SSSR count). The quantitative estimate of drug-likeness (QED) is 0.815. The molecule has 0 bridgehead atoms. The summed E-state index contributed by atoms with van der Waals surface area (Å²) in [4.78, 5) is 28.8. The zero-order valence-corrected chi connectivity index (χ0v) is 15.9. The number of aliphatic imine (C=N–C) groups is 1. The summed E-state index contributed by atoms with van der Waals surface area (Å²) in [6.07, 6.45) is 13.3. The Labute approximate surface area is 164 Å². The van der Waals surface area contributed by atoms with Crippen LogP contribution in [-0.4, -0.2) is 29.7 Å². The van der Waals surface area contributed by atoms with Gasteiger partial charge in [-0.05, 0) is 54.7 Å². The maximum Gasteiger partial charge on any atom is 0.312 e. The van der Waals surface area contributed by atoms with Crippen LogP contribution in [0.15, 0.2) is 59.3 Å². The summed E-state index contributed by atoms with van der Waals surface area (Å²) >= 11 is 0. The summed E-state index contributed by atoms with van der Waals surface area (Å²) in [6, 6.07) is 7.44. The summed E-state index contributed by atoms with van der Waals surface area (Å²) in [7, 11) is 0. The lowest BCUT2D eigenvalue weighted by Gasteiger charge is -2.29. The zero-order valence-electron chi connectivity index (χ0n) is 15.9. The summed E-state index contributed by atoms with van der Waals surface area (Å²) in [5, 5.41) is 3.16. The van der Waals surface area contributed by atoms with Crippen LogP contribution in [0.4, 0.5) is 0 Å². The van der Waals surface area contributed by atoms with E-state index < -0.39 is 0 Å². The molecule has 2 amide bonds. The molecule has 5 nitrogen and oxygen atoms in total. The van der Waals surface area contributed by atoms with Crippen molar-refractivity contribution in [1.29, 1.82) is 0 Å². The van der Waals surface area contributed by atoms with Crippen LogP contribution in [0.25, 0.3) is 6.08 Å². The molecule has 1 fully saturated rings. The molecule has 3 atom stereocenters. The van der Waals surface area contributed by atoms with Crippen molar-refractivity contribution in [3.63, 3.8) is 0 Å². The Balaban J connectivity index is 1.44. The average molecular weight is 376 g/mol. The number of hydrogen-bond donors (Lipinski definition) is 1. The molecule has 0 aromatic heterocycles. The minimum Gasteiger partial charge on any atom is -0.474 e. The Bertz CT molecular complexity index is 893. The molecule has 1 aromatic rings. The van der Waals surface area contributed by atoms with Crippen LogP contribution in [0.3, 0.4) is 0 Å². The van der Waals surface area contributed by atoms with Gasteiger partial charge in [0.25, 0.3) is 5.91 Å². The number of ether oxygens (including phenoxy) is 1. The third-order valence-electron chi connectivity index (χ3n) is 5.55. The highest BCUT2D eigenvalue weighted by molar-refractivity contribution is 6.13. The SMILES string of the molecule is CC1CCCCC1NC(=O)c1ccc(/C=C2/OC3C=CC=CC3=NC2=O)cc1. The lowest BCUT2D eigenvalue weighted by molar-refractivity contribution is -0.118. The van der Waals surface area contributed by atoms with Crippen LogP contribution in [0.5, 0.6) is 0 Å². The van der Waals surface area contributed by atoms with Crippen LogP contribution in [-0.2, 0) is 9.53 Å². The first-order valence-corrected chi connectivity index (χ1v) is 9.87. The highest BCUT2D eigenvalue weighted by Gasteiger charge is 2.26. The highest BCUT2D eigenvalue weighted by Crippen LogP contribution is 2.24. The van der Waals surface area contributed by atoms with Gasteiger partial charge in [-0.3, -0.25) is 9.59 Å². The number of hydrogen-bond acceptors (Lipinski definition) is 3. The fourth-order valence-electron chi connectivity index (χ4n) is 3.83. The van der Waals surface area contributed by atoms with E-state index in [2.05, 4.69) is 17.2 Å². The normalized spacial score (nSPS) is 27.8. The van der Waals surface area contributed by atoms with Crippen LogP contribution in [0, 0.1) is 5.92 Å². The molecule has 28 heavy (non-hydrogen) atoms. The second-order valence-corrected chi connectivity index (χ2v) is 7.60. The van der Waals surface area contributed by atoms with Crippen LogP contribution >= 0.6 is 0 Å². The number of rotatable bonds is 3. The van der Waals surface area contributed by atoms with Gasteiger partial charge in [-0.2, -0.15) is 0 Å². The number of nitrogens with one attached hydrogen (secondary N) is 1. The van der Waals surface area contributed by atoms with E-state index in [0.717, 1.165) is 12.0 Å². The predicted octanol–water partition coefficient (Wildman–Crippen LogP) is 3.83. The van der Waals surface area contributed by atoms with Crippen molar-refractivity contribution in [2.24, 2.45) is 10.9 Å². The Kier molecular flexibility index (Phi) is 5.24. The second kappa shape index (κ2) is 7.97. The molecule has 1 heterocycles. The maximum atomic E-state index is 12.5. The molecule has 2 aliphatic carbocycles. The smallest absolute Gasteiger partial charge is 0.312 e. The van der Waals surface area contributed by atoms with Crippen molar-refractivity contribution in [1.82, 2.24) is 5.32 Å². The molecule has 3 aliphatic rings. The number of fused-ring (bicyclic) bond motifs is 1. The largest absolute Gasteiger partial charge is 0.474 e. The van der Waals surface area contributed by atoms with E-state index in [1.165, 1.54) is 19.3 Å². The molecule has 0 spiro atoms. The molecule has 1 N–H and O–H groups in total. The molecule has 0 radical (unpaired) electrons. The third-order valence-corrected chi connectivity index (χ3v) is 5.55. The first kappa shape index (κ1) is 18.4. The van der Waals surface area contributed by atoms with E-state index in [9.17, 15) is 9.59 Å². The van der Waals surface area contributed by atoms with E-state index in [1.807, 2.05) is 30.4 Å². The van der Waals surface area contributed by atoms with Gasteiger partial charge < -0.3 is 10.1 Å². The van der Waals surface area contributed by atoms with Gasteiger partial charge in [0.05, 0.1) is 5.71 Å². The minimum atomic E-state index is -0.390. The number of allylic oxidation sites excluding steroid dienone is 2. The summed E-state index contributed by atoms with van der Waals surface area (Å²) < 4.78 is 5.76. The van der Waals surface area contributed by atoms with Crippen molar-refractivity contribution in [3.05, 3.63) is 65.5 Å². The number of carbonyl (C=O) groups is 2. The van der Waals surface area contributed by atoms with Gasteiger partial charge in [-0.25, -0.2) is 4.99 Å². The van der Waals surface area contributed by atoms with E-state index in [4.69, 9.17) is 4.74 Å². The highest BCUT2D eigenvalue weighted by atomic mass is 16.5. The van der Waals surface area contributed by atoms with Crippen molar-refractivity contribution in [2.75, 3.05) is 0 Å². The topological polar surface area (TPSA) is 67.8 Å². The van der Waals surface area contributed by atoms with Crippen molar-refractivity contribution in [2.45, 2.75) is 44.8 Å².